The molecule has 1 aliphatic heterocycles. The fourth-order valence-corrected chi connectivity index (χ4v) is 2.62. The molecule has 0 saturated carbocycles. The lowest BCUT2D eigenvalue weighted by Gasteiger charge is -2.35. The number of benzene rings is 1. The van der Waals surface area contributed by atoms with E-state index < -0.39 is 0 Å². The molecule has 1 fully saturated rings. The highest BCUT2D eigenvalue weighted by molar-refractivity contribution is 5.31. The summed E-state index contributed by atoms with van der Waals surface area (Å²) in [6.45, 7) is 8.12. The van der Waals surface area contributed by atoms with Gasteiger partial charge in [0, 0.05) is 19.6 Å². The van der Waals surface area contributed by atoms with Gasteiger partial charge in [0.1, 0.15) is 11.5 Å². The molecule has 4 heteroatoms. The molecule has 0 aliphatic carbocycles. The Hall–Kier alpha value is -1.26. The zero-order valence-corrected chi connectivity index (χ0v) is 12.7. The summed E-state index contributed by atoms with van der Waals surface area (Å²) in [4.78, 5) is 2.45. The van der Waals surface area contributed by atoms with Crippen LogP contribution in [0.1, 0.15) is 20.3 Å². The highest BCUT2D eigenvalue weighted by Gasteiger charge is 2.21. The normalized spacial score (nSPS) is 23.6. The van der Waals surface area contributed by atoms with E-state index >= 15 is 0 Å². The molecule has 1 aromatic carbocycles. The zero-order chi connectivity index (χ0) is 14.4. The van der Waals surface area contributed by atoms with E-state index in [-0.39, 0.29) is 0 Å². The third-order valence-electron chi connectivity index (χ3n) is 3.44. The second-order valence-corrected chi connectivity index (χ2v) is 5.39. The molecule has 1 aliphatic rings. The number of hydrogen-bond donors (Lipinski definition) is 0. The van der Waals surface area contributed by atoms with E-state index in [1.807, 2.05) is 24.3 Å². The maximum atomic E-state index is 5.74. The number of rotatable bonds is 6. The van der Waals surface area contributed by atoms with Crippen LogP contribution in [0, 0.1) is 0 Å². The third kappa shape index (κ3) is 4.69. The summed E-state index contributed by atoms with van der Waals surface area (Å²) in [6.07, 6.45) is 1.70. The molecular formula is C16H25NO3. The molecule has 0 N–H and O–H groups in total. The zero-order valence-electron chi connectivity index (χ0n) is 12.7. The first-order valence-corrected chi connectivity index (χ1v) is 7.32. The quantitative estimate of drug-likeness (QED) is 0.749. The molecule has 1 aromatic rings. The first-order chi connectivity index (χ1) is 9.67. The molecule has 4 nitrogen and oxygen atoms in total. The van der Waals surface area contributed by atoms with Crippen molar-refractivity contribution in [3.63, 3.8) is 0 Å². The fourth-order valence-electron chi connectivity index (χ4n) is 2.62. The first kappa shape index (κ1) is 15.1. The lowest BCUT2D eigenvalue weighted by atomic mass is 10.2. The highest BCUT2D eigenvalue weighted by Crippen LogP contribution is 2.17. The third-order valence-corrected chi connectivity index (χ3v) is 3.44. The second-order valence-electron chi connectivity index (χ2n) is 5.39. The Kier molecular flexibility index (Phi) is 5.68. The van der Waals surface area contributed by atoms with Crippen LogP contribution in [-0.4, -0.2) is 50.5 Å². The van der Waals surface area contributed by atoms with Crippen molar-refractivity contribution in [2.75, 3.05) is 33.4 Å². The summed E-state index contributed by atoms with van der Waals surface area (Å²) in [6, 6.07) is 7.72. The van der Waals surface area contributed by atoms with Gasteiger partial charge in [0.05, 0.1) is 25.9 Å². The van der Waals surface area contributed by atoms with Crippen LogP contribution in [-0.2, 0) is 4.74 Å². The minimum Gasteiger partial charge on any atom is -0.497 e. The SMILES string of the molecule is COc1ccc(OCCCN2C[C@H](C)O[C@@H](C)C2)cc1. The minimum atomic E-state index is 0.334. The predicted octanol–water partition coefficient (Wildman–Crippen LogP) is 2.57. The first-order valence-electron chi connectivity index (χ1n) is 7.32. The molecule has 20 heavy (non-hydrogen) atoms. The van der Waals surface area contributed by atoms with E-state index in [0.717, 1.165) is 44.2 Å². The van der Waals surface area contributed by atoms with Crippen molar-refractivity contribution in [3.05, 3.63) is 24.3 Å². The molecule has 2 atom stereocenters. The van der Waals surface area contributed by atoms with Crippen molar-refractivity contribution in [3.8, 4) is 11.5 Å². The molecule has 2 rings (SSSR count). The van der Waals surface area contributed by atoms with Crippen LogP contribution in [0.4, 0.5) is 0 Å². The number of nitrogens with zero attached hydrogens (tertiary/aromatic N) is 1. The molecule has 0 bridgehead atoms. The average molecular weight is 279 g/mol. The summed E-state index contributed by atoms with van der Waals surface area (Å²) in [5, 5.41) is 0. The van der Waals surface area contributed by atoms with Gasteiger partial charge < -0.3 is 14.2 Å². The minimum absolute atomic E-state index is 0.334. The average Bonchev–Trinajstić information content (AvgIpc) is 2.43. The predicted molar refractivity (Wildman–Crippen MR) is 79.6 cm³/mol. The van der Waals surface area contributed by atoms with Crippen molar-refractivity contribution in [1.29, 1.82) is 0 Å². The lowest BCUT2D eigenvalue weighted by molar-refractivity contribution is -0.0686. The fraction of sp³-hybridized carbons (Fsp3) is 0.625. The summed E-state index contributed by atoms with van der Waals surface area (Å²) >= 11 is 0. The van der Waals surface area contributed by atoms with E-state index in [4.69, 9.17) is 14.2 Å². The van der Waals surface area contributed by atoms with Crippen LogP contribution < -0.4 is 9.47 Å². The second kappa shape index (κ2) is 7.50. The molecule has 112 valence electrons. The Morgan fingerprint density at radius 2 is 1.70 bits per heavy atom. The number of hydrogen-bond acceptors (Lipinski definition) is 4. The van der Waals surface area contributed by atoms with Gasteiger partial charge in [-0.3, -0.25) is 4.90 Å². The Morgan fingerprint density at radius 3 is 2.30 bits per heavy atom. The van der Waals surface area contributed by atoms with Gasteiger partial charge in [-0.1, -0.05) is 0 Å². The van der Waals surface area contributed by atoms with Crippen molar-refractivity contribution >= 4 is 0 Å². The van der Waals surface area contributed by atoms with E-state index in [2.05, 4.69) is 18.7 Å². The van der Waals surface area contributed by atoms with Gasteiger partial charge >= 0.3 is 0 Å². The number of ether oxygens (including phenoxy) is 3. The van der Waals surface area contributed by atoms with Crippen molar-refractivity contribution < 1.29 is 14.2 Å². The van der Waals surface area contributed by atoms with E-state index in [1.54, 1.807) is 7.11 Å². The maximum Gasteiger partial charge on any atom is 0.119 e. The van der Waals surface area contributed by atoms with E-state index in [9.17, 15) is 0 Å². The summed E-state index contributed by atoms with van der Waals surface area (Å²) in [5.74, 6) is 1.75. The molecule has 1 heterocycles. The van der Waals surface area contributed by atoms with Crippen LogP contribution in [0.15, 0.2) is 24.3 Å². The molecule has 0 spiro atoms. The summed E-state index contributed by atoms with van der Waals surface area (Å²) < 4.78 is 16.6. The van der Waals surface area contributed by atoms with Gasteiger partial charge in [0.25, 0.3) is 0 Å². The van der Waals surface area contributed by atoms with Gasteiger partial charge in [0.2, 0.25) is 0 Å². The largest absolute Gasteiger partial charge is 0.497 e. The van der Waals surface area contributed by atoms with Crippen LogP contribution >= 0.6 is 0 Å². The van der Waals surface area contributed by atoms with Crippen molar-refractivity contribution in [1.82, 2.24) is 4.90 Å². The maximum absolute atomic E-state index is 5.74. The standard InChI is InChI=1S/C16H25NO3/c1-13-11-17(12-14(2)20-13)9-4-10-19-16-7-5-15(18-3)6-8-16/h5-8,13-14H,4,9-12H2,1-3H3/t13-,14-/m0/s1. The van der Waals surface area contributed by atoms with Crippen molar-refractivity contribution in [2.24, 2.45) is 0 Å². The van der Waals surface area contributed by atoms with Gasteiger partial charge in [-0.05, 0) is 44.5 Å². The summed E-state index contributed by atoms with van der Waals surface area (Å²) in [5.41, 5.74) is 0. The van der Waals surface area contributed by atoms with Crippen LogP contribution in [0.25, 0.3) is 0 Å². The monoisotopic (exact) mass is 279 g/mol. The Morgan fingerprint density at radius 1 is 1.10 bits per heavy atom. The van der Waals surface area contributed by atoms with Gasteiger partial charge in [-0.2, -0.15) is 0 Å². The molecule has 0 unspecified atom stereocenters. The van der Waals surface area contributed by atoms with Gasteiger partial charge in [0.15, 0.2) is 0 Å². The molecule has 1 saturated heterocycles. The van der Waals surface area contributed by atoms with E-state index in [0.29, 0.717) is 12.2 Å². The Labute approximate surface area is 121 Å². The van der Waals surface area contributed by atoms with E-state index in [1.165, 1.54) is 0 Å². The molecular weight excluding hydrogens is 254 g/mol. The number of morpholine rings is 1. The van der Waals surface area contributed by atoms with Crippen LogP contribution in [0.3, 0.4) is 0 Å². The molecule has 0 radical (unpaired) electrons. The summed E-state index contributed by atoms with van der Waals surface area (Å²) in [7, 11) is 1.67. The highest BCUT2D eigenvalue weighted by atomic mass is 16.5. The Bertz CT molecular complexity index is 383. The van der Waals surface area contributed by atoms with Crippen LogP contribution in [0.5, 0.6) is 11.5 Å². The van der Waals surface area contributed by atoms with Crippen molar-refractivity contribution in [2.45, 2.75) is 32.5 Å². The Balaban J connectivity index is 1.65. The van der Waals surface area contributed by atoms with Gasteiger partial charge in [-0.15, -0.1) is 0 Å². The lowest BCUT2D eigenvalue weighted by Crippen LogP contribution is -2.45. The number of methoxy groups -OCH3 is 1. The molecule has 0 aromatic heterocycles. The molecule has 0 amide bonds. The van der Waals surface area contributed by atoms with Crippen LogP contribution in [0.2, 0.25) is 0 Å². The topological polar surface area (TPSA) is 30.9 Å². The smallest absolute Gasteiger partial charge is 0.119 e. The van der Waals surface area contributed by atoms with Gasteiger partial charge in [-0.25, -0.2) is 0 Å².